The third-order valence-electron chi connectivity index (χ3n) is 9.85. The summed E-state index contributed by atoms with van der Waals surface area (Å²) in [5, 5.41) is 0. The first-order valence-corrected chi connectivity index (χ1v) is 20.3. The number of hydrogen-bond donors (Lipinski definition) is 1. The molecule has 47 heavy (non-hydrogen) atoms. The Morgan fingerprint density at radius 1 is 0.723 bits per heavy atom. The van der Waals surface area contributed by atoms with Gasteiger partial charge in [-0.3, -0.25) is 23.5 Å². The highest BCUT2D eigenvalue weighted by Crippen LogP contribution is 2.43. The molecule has 0 aromatic heterocycles. The molecule has 0 aliphatic carbocycles. The first-order chi connectivity index (χ1) is 22.8. The Balaban J connectivity index is 1.33. The lowest BCUT2D eigenvalue weighted by Gasteiger charge is -2.37. The van der Waals surface area contributed by atoms with Crippen LogP contribution in [0.15, 0.2) is 24.3 Å². The second-order valence-electron chi connectivity index (χ2n) is 14.0. The Labute approximate surface area is 284 Å². The number of likely N-dealkylation sites (tertiary alicyclic amines) is 1. The average molecular weight is 680 g/mol. The van der Waals surface area contributed by atoms with Crippen LogP contribution in [0, 0.1) is 0 Å². The zero-order valence-electron chi connectivity index (χ0n) is 29.5. The van der Waals surface area contributed by atoms with Crippen LogP contribution in [-0.2, 0) is 18.3 Å². The van der Waals surface area contributed by atoms with E-state index in [9.17, 15) is 19.0 Å². The van der Waals surface area contributed by atoms with Crippen LogP contribution in [0.4, 0.5) is 0 Å². The third kappa shape index (κ3) is 14.8. The van der Waals surface area contributed by atoms with E-state index in [1.165, 1.54) is 89.9 Å². The summed E-state index contributed by atoms with van der Waals surface area (Å²) in [5.74, 6) is -0.886. The molecule has 3 rings (SSSR count). The number of nitrogens with zero attached hydrogens (tertiary/aromatic N) is 2. The van der Waals surface area contributed by atoms with Gasteiger partial charge in [-0.25, -0.2) is 4.57 Å². The van der Waals surface area contributed by atoms with Gasteiger partial charge >= 0.3 is 7.82 Å². The normalized spacial score (nSPS) is 18.0. The number of rotatable bonds is 27. The van der Waals surface area contributed by atoms with Gasteiger partial charge in [-0.15, -0.1) is 0 Å². The Morgan fingerprint density at radius 3 is 1.72 bits per heavy atom. The molecule has 1 fully saturated rings. The Bertz CT molecular complexity index is 1060. The van der Waals surface area contributed by atoms with Gasteiger partial charge in [0.25, 0.3) is 11.8 Å². The summed E-state index contributed by atoms with van der Waals surface area (Å²) >= 11 is 0. The van der Waals surface area contributed by atoms with Crippen LogP contribution in [0.1, 0.15) is 150 Å². The van der Waals surface area contributed by atoms with Crippen molar-refractivity contribution in [3.8, 4) is 0 Å². The Morgan fingerprint density at radius 2 is 1.21 bits per heavy atom. The van der Waals surface area contributed by atoms with Crippen molar-refractivity contribution >= 4 is 19.6 Å². The average Bonchev–Trinajstić information content (AvgIpc) is 3.31. The summed E-state index contributed by atoms with van der Waals surface area (Å²) in [7, 11) is -2.25. The second kappa shape index (κ2) is 22.2. The predicted octanol–water partition coefficient (Wildman–Crippen LogP) is 8.69. The minimum atomic E-state index is -4.39. The van der Waals surface area contributed by atoms with Crippen LogP contribution < -0.4 is 0 Å². The topological polar surface area (TPSA) is 102 Å². The largest absolute Gasteiger partial charge is 0.472 e. The van der Waals surface area contributed by atoms with E-state index < -0.39 is 25.7 Å². The van der Waals surface area contributed by atoms with Crippen molar-refractivity contribution in [3.63, 3.8) is 0 Å². The van der Waals surface area contributed by atoms with Crippen molar-refractivity contribution in [2.45, 2.75) is 135 Å². The summed E-state index contributed by atoms with van der Waals surface area (Å²) < 4.78 is 30.2. The fourth-order valence-electron chi connectivity index (χ4n) is 6.80. The molecule has 10 heteroatoms. The number of carbonyl (C=O) groups excluding carboxylic acids is 2. The minimum Gasteiger partial charge on any atom is -0.379 e. The van der Waals surface area contributed by atoms with Gasteiger partial charge in [0.1, 0.15) is 13.2 Å². The molecular weight excluding hydrogens is 615 g/mol. The molecule has 1 aromatic rings. The zero-order valence-corrected chi connectivity index (χ0v) is 30.4. The van der Waals surface area contributed by atoms with Gasteiger partial charge in [0.2, 0.25) is 0 Å². The van der Waals surface area contributed by atoms with E-state index in [-0.39, 0.29) is 19.8 Å². The fraction of sp³-hybridized carbons (Fsp3) is 0.784. The number of likely N-dealkylation sites (N-methyl/N-ethyl adjacent to an activating group) is 1. The molecule has 2 amide bonds. The van der Waals surface area contributed by atoms with Gasteiger partial charge in [-0.2, -0.15) is 0 Å². The molecule has 0 bridgehead atoms. The third-order valence-corrected chi connectivity index (χ3v) is 10.8. The van der Waals surface area contributed by atoms with Crippen LogP contribution in [-0.4, -0.2) is 85.2 Å². The maximum atomic E-state index is 13.2. The summed E-state index contributed by atoms with van der Waals surface area (Å²) in [6.45, 7) is 5.21. The number of phosphoric ester groups is 1. The molecule has 0 radical (unpaired) electrons. The number of carbonyl (C=O) groups is 2. The number of piperidine rings is 1. The summed E-state index contributed by atoms with van der Waals surface area (Å²) in [5.41, 5.74) is 0.643. The lowest BCUT2D eigenvalue weighted by Crippen LogP contribution is -2.49. The number of benzene rings is 1. The second-order valence-corrected chi connectivity index (χ2v) is 15.5. The molecule has 1 saturated heterocycles. The van der Waals surface area contributed by atoms with Crippen LogP contribution in [0.3, 0.4) is 0 Å². The smallest absolute Gasteiger partial charge is 0.379 e. The molecule has 2 heterocycles. The SMILES string of the molecule is CCCCCCCCCCCCCCCCCCOCC(COP(=O)(O)OCC[N+]1(C)CCCCC1)N1C(=O)c2ccccc2C1=O. The van der Waals surface area contributed by atoms with Gasteiger partial charge < -0.3 is 14.1 Å². The van der Waals surface area contributed by atoms with E-state index >= 15 is 0 Å². The first-order valence-electron chi connectivity index (χ1n) is 18.8. The van der Waals surface area contributed by atoms with Crippen LogP contribution in [0.25, 0.3) is 0 Å². The highest BCUT2D eigenvalue weighted by Gasteiger charge is 2.41. The molecule has 268 valence electrons. The lowest BCUT2D eigenvalue weighted by atomic mass is 10.0. The van der Waals surface area contributed by atoms with Gasteiger partial charge in [0.15, 0.2) is 0 Å². The Hall–Kier alpha value is -1.61. The van der Waals surface area contributed by atoms with E-state index in [0.717, 1.165) is 54.6 Å². The molecule has 2 atom stereocenters. The molecule has 2 unspecified atom stereocenters. The molecular formula is C37H64N2O7P+. The fourth-order valence-corrected chi connectivity index (χ4v) is 7.55. The highest BCUT2D eigenvalue weighted by atomic mass is 31.2. The van der Waals surface area contributed by atoms with Crippen molar-refractivity contribution in [1.29, 1.82) is 0 Å². The van der Waals surface area contributed by atoms with Crippen molar-refractivity contribution in [1.82, 2.24) is 4.90 Å². The molecule has 2 aliphatic heterocycles. The number of ether oxygens (including phenoxy) is 1. The van der Waals surface area contributed by atoms with Crippen LogP contribution >= 0.6 is 7.82 Å². The van der Waals surface area contributed by atoms with Crippen LogP contribution in [0.5, 0.6) is 0 Å². The molecule has 0 saturated carbocycles. The summed E-state index contributed by atoms with van der Waals surface area (Å²) in [4.78, 5) is 37.9. The van der Waals surface area contributed by atoms with Gasteiger partial charge in [-0.05, 0) is 37.8 Å². The standard InChI is InChI=1S/C37H63N2O7P/c1-3-4-5-6-7-8-9-10-11-12-13-14-15-16-17-23-29-44-31-33(38-36(40)34-24-19-20-25-35(34)37(38)41)32-46-47(42,43)45-30-28-39(2)26-21-18-22-27-39/h19-20,24-25,33H,3-18,21-23,26-32H2,1-2H3/p+1. The first kappa shape index (κ1) is 39.8. The van der Waals surface area contributed by atoms with Crippen molar-refractivity contribution in [3.05, 3.63) is 35.4 Å². The molecule has 1 aromatic carbocycles. The van der Waals surface area contributed by atoms with E-state index in [1.807, 2.05) is 0 Å². The minimum absolute atomic E-state index is 0.0270. The summed E-state index contributed by atoms with van der Waals surface area (Å²) in [6, 6.07) is 5.82. The highest BCUT2D eigenvalue weighted by molar-refractivity contribution is 7.47. The molecule has 1 N–H and O–H groups in total. The lowest BCUT2D eigenvalue weighted by molar-refractivity contribution is -0.914. The maximum absolute atomic E-state index is 13.2. The maximum Gasteiger partial charge on any atom is 0.472 e. The number of fused-ring (bicyclic) bond motifs is 1. The van der Waals surface area contributed by atoms with Gasteiger partial charge in [0.05, 0.1) is 50.5 Å². The van der Waals surface area contributed by atoms with E-state index in [4.69, 9.17) is 13.8 Å². The molecule has 0 spiro atoms. The number of hydrogen-bond acceptors (Lipinski definition) is 6. The summed E-state index contributed by atoms with van der Waals surface area (Å²) in [6.07, 6.45) is 24.2. The van der Waals surface area contributed by atoms with E-state index in [2.05, 4.69) is 14.0 Å². The predicted molar refractivity (Wildman–Crippen MR) is 187 cm³/mol. The zero-order chi connectivity index (χ0) is 33.8. The number of quaternary nitrogens is 1. The van der Waals surface area contributed by atoms with Crippen molar-refractivity contribution in [2.75, 3.05) is 53.1 Å². The van der Waals surface area contributed by atoms with Gasteiger partial charge in [-0.1, -0.05) is 115 Å². The quantitative estimate of drug-likeness (QED) is 0.0430. The number of amides is 2. The number of imide groups is 1. The van der Waals surface area contributed by atoms with Crippen molar-refractivity contribution in [2.24, 2.45) is 0 Å². The number of unbranched alkanes of at least 4 members (excludes halogenated alkanes) is 15. The van der Waals surface area contributed by atoms with E-state index in [0.29, 0.717) is 24.3 Å². The number of phosphoric acid groups is 1. The molecule has 2 aliphatic rings. The molecule has 9 nitrogen and oxygen atoms in total. The van der Waals surface area contributed by atoms with Gasteiger partial charge in [0, 0.05) is 6.61 Å². The van der Waals surface area contributed by atoms with Crippen LogP contribution in [0.2, 0.25) is 0 Å². The Kier molecular flexibility index (Phi) is 18.8. The van der Waals surface area contributed by atoms with Crippen molar-refractivity contribution < 1.29 is 37.3 Å². The van der Waals surface area contributed by atoms with E-state index in [1.54, 1.807) is 24.3 Å². The monoisotopic (exact) mass is 679 g/mol.